The second kappa shape index (κ2) is 8.82. The van der Waals surface area contributed by atoms with Gasteiger partial charge in [-0.15, -0.1) is 0 Å². The zero-order valence-corrected chi connectivity index (χ0v) is 18.3. The van der Waals surface area contributed by atoms with Crippen LogP contribution in [0.5, 0.6) is 5.75 Å². The summed E-state index contributed by atoms with van der Waals surface area (Å²) in [6.45, 7) is 0.579. The van der Waals surface area contributed by atoms with Gasteiger partial charge in [-0.05, 0) is 41.0 Å². The molecule has 1 atom stereocenters. The van der Waals surface area contributed by atoms with Crippen molar-refractivity contribution in [3.05, 3.63) is 95.7 Å². The molecule has 33 heavy (non-hydrogen) atoms. The van der Waals surface area contributed by atoms with Crippen molar-refractivity contribution in [2.75, 3.05) is 19.0 Å². The third-order valence-electron chi connectivity index (χ3n) is 6.02. The Morgan fingerprint density at radius 2 is 1.88 bits per heavy atom. The third-order valence-corrected chi connectivity index (χ3v) is 6.02. The lowest BCUT2D eigenvalue weighted by Crippen LogP contribution is -2.14. The summed E-state index contributed by atoms with van der Waals surface area (Å²) in [7, 11) is 1.33. The molecule has 0 saturated heterocycles. The van der Waals surface area contributed by atoms with E-state index in [-0.39, 0.29) is 18.4 Å². The van der Waals surface area contributed by atoms with Gasteiger partial charge in [0.2, 0.25) is 5.91 Å². The Balaban J connectivity index is 1.57. The standard InChI is InChI=1S/C27H24N2O4/c1-32-26(31)17-33-20-10-5-9-19(13-20)21-14-25(30)28-23-11-6-12-24-27(23)22(21)16-29(24)15-18-7-3-2-4-8-18/h2-13,16,21H,14-15,17H2,1H3,(H,28,30)/t21-/m0/s1. The first kappa shape index (κ1) is 20.8. The van der Waals surface area contributed by atoms with Crippen molar-refractivity contribution in [2.45, 2.75) is 18.9 Å². The van der Waals surface area contributed by atoms with Gasteiger partial charge in [-0.1, -0.05) is 48.5 Å². The second-order valence-electron chi connectivity index (χ2n) is 8.14. The molecule has 0 fully saturated rings. The van der Waals surface area contributed by atoms with E-state index < -0.39 is 5.97 Å². The number of hydrogen-bond acceptors (Lipinski definition) is 4. The lowest BCUT2D eigenvalue weighted by molar-refractivity contribution is -0.142. The Hall–Kier alpha value is -4.06. The van der Waals surface area contributed by atoms with Crippen LogP contribution in [0.4, 0.5) is 5.69 Å². The van der Waals surface area contributed by atoms with E-state index in [4.69, 9.17) is 4.74 Å². The average Bonchev–Trinajstić information content (AvgIpc) is 3.13. The molecule has 1 aliphatic heterocycles. The summed E-state index contributed by atoms with van der Waals surface area (Å²) < 4.78 is 12.5. The minimum atomic E-state index is -0.442. The highest BCUT2D eigenvalue weighted by molar-refractivity contribution is 6.06. The normalized spacial score (nSPS) is 15.1. The number of carbonyl (C=O) groups is 2. The molecular formula is C27H24N2O4. The second-order valence-corrected chi connectivity index (χ2v) is 8.14. The van der Waals surface area contributed by atoms with Gasteiger partial charge in [0, 0.05) is 30.5 Å². The molecule has 5 rings (SSSR count). The molecule has 0 spiro atoms. The molecule has 6 nitrogen and oxygen atoms in total. The van der Waals surface area contributed by atoms with Crippen LogP contribution in [0.15, 0.2) is 79.0 Å². The molecule has 6 heteroatoms. The maximum atomic E-state index is 12.8. The van der Waals surface area contributed by atoms with E-state index in [0.717, 1.165) is 34.3 Å². The number of nitrogens with zero attached hydrogens (tertiary/aromatic N) is 1. The summed E-state index contributed by atoms with van der Waals surface area (Å²) >= 11 is 0. The van der Waals surface area contributed by atoms with Crippen LogP contribution in [-0.4, -0.2) is 30.2 Å². The number of amides is 1. The first-order valence-corrected chi connectivity index (χ1v) is 10.9. The average molecular weight is 440 g/mol. The quantitative estimate of drug-likeness (QED) is 0.441. The fourth-order valence-corrected chi connectivity index (χ4v) is 4.48. The van der Waals surface area contributed by atoms with Crippen LogP contribution in [-0.2, 0) is 20.9 Å². The van der Waals surface area contributed by atoms with Crippen LogP contribution < -0.4 is 10.1 Å². The molecule has 0 aliphatic carbocycles. The van der Waals surface area contributed by atoms with Crippen LogP contribution in [0.25, 0.3) is 10.9 Å². The van der Waals surface area contributed by atoms with Crippen LogP contribution in [0.2, 0.25) is 0 Å². The SMILES string of the molecule is COC(=O)COc1cccc([C@@H]2CC(=O)Nc3cccc4c3c2cn4Cc2ccccc2)c1. The van der Waals surface area contributed by atoms with Gasteiger partial charge in [-0.25, -0.2) is 4.79 Å². The molecule has 4 aromatic rings. The van der Waals surface area contributed by atoms with Crippen molar-refractivity contribution in [1.29, 1.82) is 0 Å². The van der Waals surface area contributed by atoms with Crippen molar-refractivity contribution in [3.63, 3.8) is 0 Å². The monoisotopic (exact) mass is 440 g/mol. The van der Waals surface area contributed by atoms with E-state index in [2.05, 4.69) is 39.0 Å². The van der Waals surface area contributed by atoms with E-state index in [0.29, 0.717) is 12.2 Å². The van der Waals surface area contributed by atoms with E-state index in [9.17, 15) is 9.59 Å². The summed E-state index contributed by atoms with van der Waals surface area (Å²) in [4.78, 5) is 24.3. The largest absolute Gasteiger partial charge is 0.482 e. The number of benzene rings is 3. The van der Waals surface area contributed by atoms with E-state index >= 15 is 0 Å². The summed E-state index contributed by atoms with van der Waals surface area (Å²) in [6.07, 6.45) is 2.48. The lowest BCUT2D eigenvalue weighted by Gasteiger charge is -2.16. The minimum absolute atomic E-state index is 0.0285. The number of ether oxygens (including phenoxy) is 2. The summed E-state index contributed by atoms with van der Waals surface area (Å²) in [5, 5.41) is 4.14. The van der Waals surface area contributed by atoms with Gasteiger partial charge >= 0.3 is 5.97 Å². The van der Waals surface area contributed by atoms with Gasteiger partial charge in [0.25, 0.3) is 0 Å². The number of carbonyl (C=O) groups excluding carboxylic acids is 2. The first-order valence-electron chi connectivity index (χ1n) is 10.9. The van der Waals surface area contributed by atoms with Gasteiger partial charge in [0.1, 0.15) is 5.75 Å². The number of aromatic nitrogens is 1. The van der Waals surface area contributed by atoms with Crippen molar-refractivity contribution in [1.82, 2.24) is 4.57 Å². The molecule has 1 N–H and O–H groups in total. The Morgan fingerprint density at radius 3 is 2.70 bits per heavy atom. The van der Waals surface area contributed by atoms with E-state index in [1.165, 1.54) is 12.7 Å². The molecule has 0 radical (unpaired) electrons. The number of rotatable bonds is 6. The van der Waals surface area contributed by atoms with Crippen LogP contribution >= 0.6 is 0 Å². The summed E-state index contributed by atoms with van der Waals surface area (Å²) in [5.41, 5.74) is 5.18. The number of hydrogen-bond donors (Lipinski definition) is 1. The van der Waals surface area contributed by atoms with Crippen LogP contribution in [0.1, 0.15) is 29.0 Å². The molecule has 3 aromatic carbocycles. The first-order chi connectivity index (χ1) is 16.1. The Labute approximate surface area is 191 Å². The topological polar surface area (TPSA) is 69.6 Å². The predicted molar refractivity (Wildman–Crippen MR) is 127 cm³/mol. The van der Waals surface area contributed by atoms with Gasteiger partial charge in [-0.2, -0.15) is 0 Å². The van der Waals surface area contributed by atoms with E-state index in [1.807, 2.05) is 48.5 Å². The highest BCUT2D eigenvalue weighted by Crippen LogP contribution is 2.41. The molecule has 0 unspecified atom stereocenters. The number of anilines is 1. The minimum Gasteiger partial charge on any atom is -0.482 e. The molecule has 2 heterocycles. The zero-order chi connectivity index (χ0) is 22.8. The zero-order valence-electron chi connectivity index (χ0n) is 18.3. The Morgan fingerprint density at radius 1 is 1.06 bits per heavy atom. The molecule has 1 aliphatic rings. The van der Waals surface area contributed by atoms with Crippen molar-refractivity contribution < 1.29 is 19.1 Å². The number of methoxy groups -OCH3 is 1. The Bertz CT molecular complexity index is 1330. The Kier molecular flexibility index (Phi) is 5.57. The van der Waals surface area contributed by atoms with Gasteiger partial charge < -0.3 is 19.4 Å². The molecule has 1 amide bonds. The smallest absolute Gasteiger partial charge is 0.343 e. The molecule has 0 saturated carbocycles. The maximum absolute atomic E-state index is 12.8. The van der Waals surface area contributed by atoms with Gasteiger partial charge in [0.05, 0.1) is 18.3 Å². The van der Waals surface area contributed by atoms with Gasteiger partial charge in [0.15, 0.2) is 6.61 Å². The molecule has 166 valence electrons. The summed E-state index contributed by atoms with van der Waals surface area (Å²) in [5.74, 6) is -0.0484. The molecular weight excluding hydrogens is 416 g/mol. The van der Waals surface area contributed by atoms with Gasteiger partial charge in [-0.3, -0.25) is 4.79 Å². The predicted octanol–water partition coefficient (Wildman–Crippen LogP) is 4.72. The van der Waals surface area contributed by atoms with Crippen molar-refractivity contribution in [2.24, 2.45) is 0 Å². The fourth-order valence-electron chi connectivity index (χ4n) is 4.48. The lowest BCUT2D eigenvalue weighted by atomic mass is 9.88. The van der Waals surface area contributed by atoms with Crippen LogP contribution in [0.3, 0.4) is 0 Å². The highest BCUT2D eigenvalue weighted by Gasteiger charge is 2.28. The van der Waals surface area contributed by atoms with Crippen molar-refractivity contribution >= 4 is 28.5 Å². The third kappa shape index (κ3) is 4.20. The van der Waals surface area contributed by atoms with E-state index in [1.54, 1.807) is 6.07 Å². The van der Waals surface area contributed by atoms with Crippen molar-refractivity contribution in [3.8, 4) is 5.75 Å². The summed E-state index contributed by atoms with van der Waals surface area (Å²) in [6, 6.07) is 23.9. The fraction of sp³-hybridized carbons (Fsp3) is 0.185. The molecule has 1 aromatic heterocycles. The molecule has 0 bridgehead atoms. The highest BCUT2D eigenvalue weighted by atomic mass is 16.6. The number of esters is 1. The number of nitrogens with one attached hydrogen (secondary N) is 1. The van der Waals surface area contributed by atoms with Crippen LogP contribution in [0, 0.1) is 0 Å². The maximum Gasteiger partial charge on any atom is 0.343 e.